The molecule has 0 aliphatic heterocycles. The number of carbonyl (C=O) groups is 1. The summed E-state index contributed by atoms with van der Waals surface area (Å²) in [7, 11) is 0. The molecule has 0 fully saturated rings. The molecule has 0 N–H and O–H groups in total. The van der Waals surface area contributed by atoms with Gasteiger partial charge in [-0.15, -0.1) is 0 Å². The second-order valence-electron chi connectivity index (χ2n) is 6.64. The van der Waals surface area contributed by atoms with Crippen LogP contribution in [0.4, 0.5) is 5.13 Å². The minimum atomic E-state index is -0.0648. The topological polar surface area (TPSA) is 46.1 Å². The van der Waals surface area contributed by atoms with Crippen molar-refractivity contribution in [1.82, 2.24) is 9.97 Å². The van der Waals surface area contributed by atoms with Gasteiger partial charge in [0.15, 0.2) is 5.13 Å². The van der Waals surface area contributed by atoms with Crippen LogP contribution in [0.1, 0.15) is 27.2 Å². The van der Waals surface area contributed by atoms with Crippen LogP contribution in [0.3, 0.4) is 0 Å². The molecule has 2 heterocycles. The van der Waals surface area contributed by atoms with Gasteiger partial charge in [0.25, 0.3) is 5.91 Å². The van der Waals surface area contributed by atoms with Gasteiger partial charge in [-0.05, 0) is 55.8 Å². The SMILES string of the molecule is Cc1ccc(C)c(C(=O)N(Cc2ccccn2)c2nc3ccc(Br)cc3s2)c1. The zero-order valence-electron chi connectivity index (χ0n) is 15.5. The Morgan fingerprint density at radius 2 is 1.96 bits per heavy atom. The molecule has 0 saturated carbocycles. The number of anilines is 1. The van der Waals surface area contributed by atoms with Gasteiger partial charge >= 0.3 is 0 Å². The van der Waals surface area contributed by atoms with Crippen LogP contribution in [0, 0.1) is 13.8 Å². The first-order chi connectivity index (χ1) is 13.5. The lowest BCUT2D eigenvalue weighted by atomic mass is 10.0. The lowest BCUT2D eigenvalue weighted by molar-refractivity contribution is 0.0984. The molecule has 28 heavy (non-hydrogen) atoms. The van der Waals surface area contributed by atoms with Crippen molar-refractivity contribution in [2.45, 2.75) is 20.4 Å². The van der Waals surface area contributed by atoms with E-state index in [0.717, 1.165) is 31.5 Å². The molecule has 0 aliphatic rings. The van der Waals surface area contributed by atoms with E-state index in [1.165, 1.54) is 11.3 Å². The molecular weight excluding hydrogens is 434 g/mol. The van der Waals surface area contributed by atoms with Gasteiger partial charge in [-0.2, -0.15) is 0 Å². The van der Waals surface area contributed by atoms with Crippen LogP contribution < -0.4 is 4.90 Å². The largest absolute Gasteiger partial charge is 0.278 e. The minimum Gasteiger partial charge on any atom is -0.278 e. The van der Waals surface area contributed by atoms with E-state index in [2.05, 4.69) is 20.9 Å². The van der Waals surface area contributed by atoms with Crippen molar-refractivity contribution in [3.63, 3.8) is 0 Å². The van der Waals surface area contributed by atoms with Crippen molar-refractivity contribution in [1.29, 1.82) is 0 Å². The van der Waals surface area contributed by atoms with Gasteiger partial charge in [-0.1, -0.05) is 51.0 Å². The van der Waals surface area contributed by atoms with Gasteiger partial charge in [0, 0.05) is 16.2 Å². The average molecular weight is 452 g/mol. The lowest BCUT2D eigenvalue weighted by Gasteiger charge is -2.21. The molecule has 0 aliphatic carbocycles. The standard InChI is InChI=1S/C22H18BrN3OS/c1-14-6-7-15(2)18(11-14)21(27)26(13-17-5-3-4-10-24-17)22-25-19-9-8-16(23)12-20(19)28-22/h3-12H,13H2,1-2H3. The smallest absolute Gasteiger partial charge is 0.260 e. The van der Waals surface area contributed by atoms with Crippen molar-refractivity contribution < 1.29 is 4.79 Å². The van der Waals surface area contributed by atoms with Gasteiger partial charge in [-0.25, -0.2) is 4.98 Å². The predicted molar refractivity (Wildman–Crippen MR) is 118 cm³/mol. The molecule has 4 nitrogen and oxygen atoms in total. The first-order valence-electron chi connectivity index (χ1n) is 8.86. The highest BCUT2D eigenvalue weighted by Crippen LogP contribution is 2.32. The van der Waals surface area contributed by atoms with E-state index in [-0.39, 0.29) is 5.91 Å². The molecule has 6 heteroatoms. The van der Waals surface area contributed by atoms with E-state index in [9.17, 15) is 4.79 Å². The molecule has 0 atom stereocenters. The third-order valence-corrected chi connectivity index (χ3v) is 6.02. The van der Waals surface area contributed by atoms with Crippen molar-refractivity contribution in [3.8, 4) is 0 Å². The molecule has 0 bridgehead atoms. The Kier molecular flexibility index (Phi) is 5.24. The van der Waals surface area contributed by atoms with Crippen LogP contribution in [0.5, 0.6) is 0 Å². The zero-order valence-corrected chi connectivity index (χ0v) is 17.9. The Balaban J connectivity index is 1.80. The first kappa shape index (κ1) is 18.8. The number of hydrogen-bond donors (Lipinski definition) is 0. The summed E-state index contributed by atoms with van der Waals surface area (Å²) in [5.41, 5.74) is 4.39. The monoisotopic (exact) mass is 451 g/mol. The molecule has 4 aromatic rings. The Morgan fingerprint density at radius 1 is 1.11 bits per heavy atom. The summed E-state index contributed by atoms with van der Waals surface area (Å²) in [6, 6.07) is 17.6. The predicted octanol–water partition coefficient (Wildman–Crippen LogP) is 5.92. The van der Waals surface area contributed by atoms with E-state index in [1.807, 2.05) is 68.4 Å². The molecule has 0 saturated heterocycles. The van der Waals surface area contributed by atoms with Crippen molar-refractivity contribution in [3.05, 3.63) is 87.7 Å². The molecule has 0 unspecified atom stereocenters. The highest BCUT2D eigenvalue weighted by Gasteiger charge is 2.23. The second-order valence-corrected chi connectivity index (χ2v) is 8.56. The molecule has 0 spiro atoms. The van der Waals surface area contributed by atoms with Crippen molar-refractivity contribution in [2.24, 2.45) is 0 Å². The Bertz CT molecular complexity index is 1160. The van der Waals surface area contributed by atoms with Crippen molar-refractivity contribution >= 4 is 48.5 Å². The number of nitrogens with zero attached hydrogens (tertiary/aromatic N) is 3. The van der Waals surface area contributed by atoms with Crippen molar-refractivity contribution in [2.75, 3.05) is 4.90 Å². The summed E-state index contributed by atoms with van der Waals surface area (Å²) >= 11 is 5.01. The van der Waals surface area contributed by atoms with Gasteiger partial charge in [0.1, 0.15) is 0 Å². The molecule has 0 radical (unpaired) electrons. The maximum absolute atomic E-state index is 13.5. The first-order valence-corrected chi connectivity index (χ1v) is 10.5. The molecule has 1 amide bonds. The van der Waals surface area contributed by atoms with E-state index in [4.69, 9.17) is 4.98 Å². The Hall–Kier alpha value is -2.57. The summed E-state index contributed by atoms with van der Waals surface area (Å²) in [5, 5.41) is 0.671. The lowest BCUT2D eigenvalue weighted by Crippen LogP contribution is -2.31. The maximum atomic E-state index is 13.5. The number of rotatable bonds is 4. The summed E-state index contributed by atoms with van der Waals surface area (Å²) in [6.07, 6.45) is 1.74. The number of amides is 1. The summed E-state index contributed by atoms with van der Waals surface area (Å²) in [6.45, 7) is 4.32. The minimum absolute atomic E-state index is 0.0648. The molecule has 140 valence electrons. The number of pyridine rings is 1. The third kappa shape index (κ3) is 3.84. The van der Waals surface area contributed by atoms with Gasteiger partial charge in [0.05, 0.1) is 22.5 Å². The van der Waals surface area contributed by atoms with Crippen LogP contribution in [0.15, 0.2) is 65.3 Å². The normalized spacial score (nSPS) is 11.0. The number of fused-ring (bicyclic) bond motifs is 1. The maximum Gasteiger partial charge on any atom is 0.260 e. The third-order valence-electron chi connectivity index (χ3n) is 4.48. The zero-order chi connectivity index (χ0) is 19.7. The highest BCUT2D eigenvalue weighted by atomic mass is 79.9. The Labute approximate surface area is 176 Å². The number of aryl methyl sites for hydroxylation is 2. The van der Waals surface area contributed by atoms with Gasteiger partial charge in [-0.3, -0.25) is 14.7 Å². The second kappa shape index (κ2) is 7.81. The number of aromatic nitrogens is 2. The van der Waals surface area contributed by atoms with Crippen LogP contribution in [-0.2, 0) is 6.54 Å². The molecular formula is C22H18BrN3OS. The van der Waals surface area contributed by atoms with Crippen LogP contribution >= 0.6 is 27.3 Å². The number of benzene rings is 2. The fraction of sp³-hybridized carbons (Fsp3) is 0.136. The number of thiazole rings is 1. The Morgan fingerprint density at radius 3 is 2.75 bits per heavy atom. The van der Waals surface area contributed by atoms with Crippen LogP contribution in [0.2, 0.25) is 0 Å². The average Bonchev–Trinajstić information content (AvgIpc) is 3.11. The van der Waals surface area contributed by atoms with E-state index in [1.54, 1.807) is 11.1 Å². The molecule has 2 aromatic carbocycles. The fourth-order valence-electron chi connectivity index (χ4n) is 2.99. The quantitative estimate of drug-likeness (QED) is 0.386. The molecule has 4 rings (SSSR count). The van der Waals surface area contributed by atoms with E-state index >= 15 is 0 Å². The number of halogens is 1. The van der Waals surface area contributed by atoms with E-state index in [0.29, 0.717) is 17.2 Å². The summed E-state index contributed by atoms with van der Waals surface area (Å²) in [5.74, 6) is -0.0648. The van der Waals surface area contributed by atoms with Crippen LogP contribution in [0.25, 0.3) is 10.2 Å². The number of hydrogen-bond acceptors (Lipinski definition) is 4. The van der Waals surface area contributed by atoms with Crippen LogP contribution in [-0.4, -0.2) is 15.9 Å². The van der Waals surface area contributed by atoms with Gasteiger partial charge in [0.2, 0.25) is 0 Å². The fourth-order valence-corrected chi connectivity index (χ4v) is 4.51. The summed E-state index contributed by atoms with van der Waals surface area (Å²) in [4.78, 5) is 24.4. The highest BCUT2D eigenvalue weighted by molar-refractivity contribution is 9.10. The molecule has 2 aromatic heterocycles. The van der Waals surface area contributed by atoms with Gasteiger partial charge < -0.3 is 0 Å². The number of carbonyl (C=O) groups excluding carboxylic acids is 1. The van der Waals surface area contributed by atoms with E-state index < -0.39 is 0 Å². The summed E-state index contributed by atoms with van der Waals surface area (Å²) < 4.78 is 2.02.